The van der Waals surface area contributed by atoms with Gasteiger partial charge in [0, 0.05) is 23.9 Å². The van der Waals surface area contributed by atoms with Gasteiger partial charge in [0.1, 0.15) is 6.04 Å². The van der Waals surface area contributed by atoms with Crippen LogP contribution in [0.2, 0.25) is 5.02 Å². The second-order valence-corrected chi connectivity index (χ2v) is 9.21. The van der Waals surface area contributed by atoms with Crippen LogP contribution in [0.1, 0.15) is 48.9 Å². The van der Waals surface area contributed by atoms with Crippen LogP contribution in [0.4, 0.5) is 0 Å². The van der Waals surface area contributed by atoms with Crippen molar-refractivity contribution in [3.05, 3.63) is 69.7 Å². The van der Waals surface area contributed by atoms with Gasteiger partial charge in [-0.15, -0.1) is 11.8 Å². The molecule has 1 atom stereocenters. The van der Waals surface area contributed by atoms with Crippen molar-refractivity contribution < 1.29 is 9.59 Å². The SMILES string of the molecule is CCCNC(=O)C(CC)N(Cc1ccccc1Cl)C(=O)CSCc1cc(C)cc(C)c1. The quantitative estimate of drug-likeness (QED) is 0.480. The van der Waals surface area contributed by atoms with E-state index in [0.29, 0.717) is 30.3 Å². The number of rotatable bonds is 11. The van der Waals surface area contributed by atoms with E-state index in [2.05, 4.69) is 37.4 Å². The zero-order valence-corrected chi connectivity index (χ0v) is 20.5. The lowest BCUT2D eigenvalue weighted by molar-refractivity contribution is -0.139. The molecule has 0 aliphatic carbocycles. The Morgan fingerprint density at radius 2 is 1.77 bits per heavy atom. The Balaban J connectivity index is 2.14. The lowest BCUT2D eigenvalue weighted by atomic mass is 10.1. The molecule has 0 fully saturated rings. The Morgan fingerprint density at radius 3 is 2.39 bits per heavy atom. The summed E-state index contributed by atoms with van der Waals surface area (Å²) in [7, 11) is 0. The van der Waals surface area contributed by atoms with Crippen molar-refractivity contribution >= 4 is 35.2 Å². The molecule has 0 aliphatic heterocycles. The summed E-state index contributed by atoms with van der Waals surface area (Å²) in [5.74, 6) is 0.916. The first-order chi connectivity index (χ1) is 14.8. The van der Waals surface area contributed by atoms with Crippen molar-refractivity contribution in [2.24, 2.45) is 0 Å². The molecule has 0 spiro atoms. The van der Waals surface area contributed by atoms with Gasteiger partial charge in [0.05, 0.1) is 5.75 Å². The largest absolute Gasteiger partial charge is 0.354 e. The van der Waals surface area contributed by atoms with Gasteiger partial charge in [0.25, 0.3) is 0 Å². The van der Waals surface area contributed by atoms with E-state index in [1.54, 1.807) is 16.7 Å². The molecule has 2 aromatic carbocycles. The molecule has 0 saturated carbocycles. The highest BCUT2D eigenvalue weighted by atomic mass is 35.5. The zero-order valence-electron chi connectivity index (χ0n) is 18.9. The monoisotopic (exact) mass is 460 g/mol. The average molecular weight is 461 g/mol. The second-order valence-electron chi connectivity index (χ2n) is 7.82. The summed E-state index contributed by atoms with van der Waals surface area (Å²) in [5.41, 5.74) is 4.50. The van der Waals surface area contributed by atoms with Crippen LogP contribution >= 0.6 is 23.4 Å². The third kappa shape index (κ3) is 7.89. The van der Waals surface area contributed by atoms with Crippen molar-refractivity contribution in [2.45, 2.75) is 58.9 Å². The van der Waals surface area contributed by atoms with Gasteiger partial charge < -0.3 is 10.2 Å². The first-order valence-corrected chi connectivity index (χ1v) is 12.3. The van der Waals surface area contributed by atoms with E-state index in [0.717, 1.165) is 17.7 Å². The maximum atomic E-state index is 13.2. The van der Waals surface area contributed by atoms with E-state index in [4.69, 9.17) is 11.6 Å². The van der Waals surface area contributed by atoms with Crippen molar-refractivity contribution in [2.75, 3.05) is 12.3 Å². The van der Waals surface area contributed by atoms with Crippen molar-refractivity contribution in [1.29, 1.82) is 0 Å². The lowest BCUT2D eigenvalue weighted by Gasteiger charge is -2.31. The predicted octanol–water partition coefficient (Wildman–Crippen LogP) is 5.52. The molecular weight excluding hydrogens is 428 g/mol. The Bertz CT molecular complexity index is 867. The van der Waals surface area contributed by atoms with Crippen LogP contribution in [-0.2, 0) is 21.9 Å². The summed E-state index contributed by atoms with van der Waals surface area (Å²) >= 11 is 7.93. The molecule has 0 radical (unpaired) electrons. The zero-order chi connectivity index (χ0) is 22.8. The summed E-state index contributed by atoms with van der Waals surface area (Å²) in [5, 5.41) is 3.54. The number of hydrogen-bond donors (Lipinski definition) is 1. The van der Waals surface area contributed by atoms with E-state index in [9.17, 15) is 9.59 Å². The highest BCUT2D eigenvalue weighted by molar-refractivity contribution is 7.99. The number of aryl methyl sites for hydroxylation is 2. The normalized spacial score (nSPS) is 11.8. The van der Waals surface area contributed by atoms with E-state index in [1.807, 2.05) is 38.1 Å². The number of halogens is 1. The lowest BCUT2D eigenvalue weighted by Crippen LogP contribution is -2.49. The van der Waals surface area contributed by atoms with Crippen molar-refractivity contribution in [3.8, 4) is 0 Å². The summed E-state index contributed by atoms with van der Waals surface area (Å²) in [6.45, 7) is 9.03. The summed E-state index contributed by atoms with van der Waals surface area (Å²) < 4.78 is 0. The highest BCUT2D eigenvalue weighted by Crippen LogP contribution is 2.22. The third-order valence-corrected chi connectivity index (χ3v) is 6.37. The fraction of sp³-hybridized carbons (Fsp3) is 0.440. The first kappa shape index (κ1) is 25.3. The van der Waals surface area contributed by atoms with Crippen LogP contribution in [0.3, 0.4) is 0 Å². The molecule has 1 N–H and O–H groups in total. The van der Waals surface area contributed by atoms with E-state index in [-0.39, 0.29) is 11.8 Å². The number of nitrogens with zero attached hydrogens (tertiary/aromatic N) is 1. The van der Waals surface area contributed by atoms with Gasteiger partial charge >= 0.3 is 0 Å². The Labute approximate surface area is 195 Å². The first-order valence-electron chi connectivity index (χ1n) is 10.8. The van der Waals surface area contributed by atoms with Crippen LogP contribution in [-0.4, -0.2) is 35.1 Å². The maximum Gasteiger partial charge on any atom is 0.242 e. The molecule has 0 bridgehead atoms. The summed E-state index contributed by atoms with van der Waals surface area (Å²) in [4.78, 5) is 27.7. The third-order valence-electron chi connectivity index (χ3n) is 5.01. The van der Waals surface area contributed by atoms with Gasteiger partial charge in [-0.05, 0) is 43.9 Å². The Morgan fingerprint density at radius 1 is 1.10 bits per heavy atom. The Kier molecular flexibility index (Phi) is 10.4. The van der Waals surface area contributed by atoms with Crippen LogP contribution in [0.15, 0.2) is 42.5 Å². The molecule has 1 unspecified atom stereocenters. The standard InChI is InChI=1S/C25H33ClN2O2S/c1-5-11-27-25(30)23(6-2)28(15-21-9-7-8-10-22(21)26)24(29)17-31-16-20-13-18(3)12-19(4)14-20/h7-10,12-14,23H,5-6,11,15-17H2,1-4H3,(H,27,30). The minimum Gasteiger partial charge on any atom is -0.354 e. The highest BCUT2D eigenvalue weighted by Gasteiger charge is 2.28. The van der Waals surface area contributed by atoms with Crippen LogP contribution in [0.5, 0.6) is 0 Å². The van der Waals surface area contributed by atoms with Gasteiger partial charge in [-0.2, -0.15) is 0 Å². The van der Waals surface area contributed by atoms with Gasteiger partial charge in [0.2, 0.25) is 11.8 Å². The van der Waals surface area contributed by atoms with Crippen LogP contribution < -0.4 is 5.32 Å². The fourth-order valence-corrected chi connectivity index (χ4v) is 4.63. The van der Waals surface area contributed by atoms with Crippen molar-refractivity contribution in [3.63, 3.8) is 0 Å². The molecule has 0 heterocycles. The predicted molar refractivity (Wildman–Crippen MR) is 131 cm³/mol. The molecule has 6 heteroatoms. The molecule has 2 amide bonds. The molecular formula is C25H33ClN2O2S. The second kappa shape index (κ2) is 12.8. The molecule has 168 valence electrons. The Hall–Kier alpha value is -1.98. The number of carbonyl (C=O) groups is 2. The molecule has 4 nitrogen and oxygen atoms in total. The average Bonchev–Trinajstić information content (AvgIpc) is 2.72. The number of amides is 2. The molecule has 0 aliphatic rings. The summed E-state index contributed by atoms with van der Waals surface area (Å²) in [6, 6.07) is 13.4. The van der Waals surface area contributed by atoms with Gasteiger partial charge in [0.15, 0.2) is 0 Å². The van der Waals surface area contributed by atoms with E-state index in [1.165, 1.54) is 16.7 Å². The minimum atomic E-state index is -0.517. The number of nitrogens with one attached hydrogen (secondary N) is 1. The van der Waals surface area contributed by atoms with Crippen molar-refractivity contribution in [1.82, 2.24) is 10.2 Å². The smallest absolute Gasteiger partial charge is 0.242 e. The van der Waals surface area contributed by atoms with E-state index >= 15 is 0 Å². The molecule has 31 heavy (non-hydrogen) atoms. The maximum absolute atomic E-state index is 13.2. The van der Waals surface area contributed by atoms with E-state index < -0.39 is 6.04 Å². The van der Waals surface area contributed by atoms with Crippen LogP contribution in [0.25, 0.3) is 0 Å². The molecule has 2 rings (SSSR count). The number of benzene rings is 2. The van der Waals surface area contributed by atoms with Gasteiger partial charge in [-0.1, -0.05) is 73.0 Å². The minimum absolute atomic E-state index is 0.0483. The molecule has 0 aromatic heterocycles. The summed E-state index contributed by atoms with van der Waals surface area (Å²) in [6.07, 6.45) is 1.40. The number of thioether (sulfide) groups is 1. The van der Waals surface area contributed by atoms with Gasteiger partial charge in [-0.3, -0.25) is 9.59 Å². The topological polar surface area (TPSA) is 49.4 Å². The van der Waals surface area contributed by atoms with Gasteiger partial charge in [-0.25, -0.2) is 0 Å². The van der Waals surface area contributed by atoms with Crippen LogP contribution in [0, 0.1) is 13.8 Å². The fourth-order valence-electron chi connectivity index (χ4n) is 3.59. The molecule has 0 saturated heterocycles. The molecule has 2 aromatic rings. The number of carbonyl (C=O) groups excluding carboxylic acids is 2. The number of hydrogen-bond acceptors (Lipinski definition) is 3.